The number of fused-ring (bicyclic) bond motifs is 6. The third-order valence-corrected chi connectivity index (χ3v) is 11.7. The minimum absolute atomic E-state index is 0.00124. The van der Waals surface area contributed by atoms with E-state index in [0.717, 1.165) is 44.4 Å². The van der Waals surface area contributed by atoms with Crippen LogP contribution in [-0.4, -0.2) is 104 Å². The highest BCUT2D eigenvalue weighted by Gasteiger charge is 2.38. The molecule has 3 atom stereocenters. The highest BCUT2D eigenvalue weighted by Crippen LogP contribution is 2.41. The maximum atomic E-state index is 14.6. The second-order valence-corrected chi connectivity index (χ2v) is 17.2. The maximum absolute atomic E-state index is 14.6. The van der Waals surface area contributed by atoms with Crippen molar-refractivity contribution < 1.29 is 33.8 Å². The average molecular weight is 833 g/mol. The number of hydrogen-bond acceptors (Lipinski definition) is 10. The number of carbonyl (C=O) groups is 4. The molecule has 6 bridgehead atoms. The number of cyclic esters (lactones) is 1. The number of phenols is 1. The van der Waals surface area contributed by atoms with Gasteiger partial charge in [-0.25, -0.2) is 10.4 Å². The Kier molecular flexibility index (Phi) is 12.6. The van der Waals surface area contributed by atoms with Crippen LogP contribution in [0.5, 0.6) is 5.75 Å². The molecule has 1 saturated heterocycles. The van der Waals surface area contributed by atoms with Gasteiger partial charge in [0.2, 0.25) is 5.91 Å². The Morgan fingerprint density at radius 2 is 1.92 bits per heavy atom. The Morgan fingerprint density at radius 1 is 1.11 bits per heavy atom. The van der Waals surface area contributed by atoms with Crippen molar-refractivity contribution in [3.63, 3.8) is 0 Å². The highest BCUT2D eigenvalue weighted by atomic mass is 16.5. The van der Waals surface area contributed by atoms with Crippen LogP contribution in [0.2, 0.25) is 0 Å². The van der Waals surface area contributed by atoms with E-state index in [-0.39, 0.29) is 37.1 Å². The summed E-state index contributed by atoms with van der Waals surface area (Å²) in [6.07, 6.45) is 8.15. The number of rotatable bonds is 9. The Hall–Kier alpha value is -6.06. The summed E-state index contributed by atoms with van der Waals surface area (Å²) < 4.78 is 14.0. The number of aromatic hydroxyl groups is 1. The van der Waals surface area contributed by atoms with Crippen molar-refractivity contribution in [2.75, 3.05) is 27.3 Å². The van der Waals surface area contributed by atoms with Crippen LogP contribution in [0.3, 0.4) is 0 Å². The summed E-state index contributed by atoms with van der Waals surface area (Å²) >= 11 is 0. The Bertz CT molecular complexity index is 2420. The zero-order valence-corrected chi connectivity index (χ0v) is 35.9. The number of hydrogen-bond donors (Lipinski definition) is 4. The molecule has 15 heteroatoms. The third-order valence-electron chi connectivity index (χ3n) is 11.7. The largest absolute Gasteiger partial charge is 0.508 e. The van der Waals surface area contributed by atoms with Crippen LogP contribution in [0.1, 0.15) is 74.8 Å². The third kappa shape index (κ3) is 9.03. The predicted molar refractivity (Wildman–Crippen MR) is 230 cm³/mol. The van der Waals surface area contributed by atoms with E-state index in [2.05, 4.69) is 63.2 Å². The SMILES string of the molecule is CCn1c(-c2cnccc2COC)c2c3cc(ccc31)-c1cc(O)cc(c1)C[C@H](NC(=O)C(C(C)C)N(C)C(=O)c1ncc[nH]1)C(=O)N1CCC[C@H](N1)C(=O)OCC(C)(C)C2. The molecule has 7 rings (SSSR count). The first kappa shape index (κ1) is 43.0. The smallest absolute Gasteiger partial charge is 0.324 e. The Balaban J connectivity index is 1.35. The molecule has 5 heterocycles. The highest BCUT2D eigenvalue weighted by molar-refractivity contribution is 5.97. The fourth-order valence-corrected chi connectivity index (χ4v) is 8.79. The summed E-state index contributed by atoms with van der Waals surface area (Å²) in [7, 11) is 3.20. The molecule has 0 saturated carbocycles. The molecule has 3 aromatic heterocycles. The van der Waals surface area contributed by atoms with Gasteiger partial charge in [-0.1, -0.05) is 39.8 Å². The molecule has 322 valence electrons. The zero-order valence-electron chi connectivity index (χ0n) is 35.9. The number of hydrazine groups is 1. The van der Waals surface area contributed by atoms with Crippen molar-refractivity contribution in [2.45, 2.75) is 91.6 Å². The van der Waals surface area contributed by atoms with Crippen LogP contribution < -0.4 is 10.7 Å². The van der Waals surface area contributed by atoms with Gasteiger partial charge in [0, 0.05) is 80.3 Å². The number of esters is 1. The fraction of sp³-hybridized carbons (Fsp3) is 0.435. The van der Waals surface area contributed by atoms with Crippen molar-refractivity contribution in [1.29, 1.82) is 0 Å². The number of phenolic OH excluding ortho intramolecular Hbond substituents is 1. The Morgan fingerprint density at radius 3 is 2.64 bits per heavy atom. The molecule has 5 aromatic rings. The number of nitrogens with one attached hydrogen (secondary N) is 3. The summed E-state index contributed by atoms with van der Waals surface area (Å²) in [6.45, 7) is 11.4. The van der Waals surface area contributed by atoms with Crippen molar-refractivity contribution in [1.82, 2.24) is 40.2 Å². The summed E-state index contributed by atoms with van der Waals surface area (Å²) in [5, 5.41) is 16.6. The number of carbonyl (C=O) groups excluding carboxylic acids is 4. The molecule has 0 spiro atoms. The number of nitrogens with zero attached hydrogens (tertiary/aromatic N) is 5. The number of H-pyrrole nitrogens is 1. The molecule has 2 aliphatic rings. The van der Waals surface area contributed by atoms with E-state index in [9.17, 15) is 24.3 Å². The lowest BCUT2D eigenvalue weighted by Gasteiger charge is -2.36. The fourth-order valence-electron chi connectivity index (χ4n) is 8.79. The Labute approximate surface area is 355 Å². The van der Waals surface area contributed by atoms with E-state index in [1.54, 1.807) is 25.4 Å². The molecule has 3 amide bonds. The van der Waals surface area contributed by atoms with E-state index in [0.29, 0.717) is 38.0 Å². The van der Waals surface area contributed by atoms with Crippen LogP contribution >= 0.6 is 0 Å². The van der Waals surface area contributed by atoms with Crippen molar-refractivity contribution in [3.8, 4) is 28.1 Å². The van der Waals surface area contributed by atoms with Gasteiger partial charge in [-0.15, -0.1) is 0 Å². The van der Waals surface area contributed by atoms with E-state index >= 15 is 0 Å². The number of methoxy groups -OCH3 is 1. The lowest BCUT2D eigenvalue weighted by atomic mass is 9.84. The van der Waals surface area contributed by atoms with Gasteiger partial charge in [-0.2, -0.15) is 0 Å². The molecular formula is C46H56N8O7. The van der Waals surface area contributed by atoms with Crippen LogP contribution in [0.25, 0.3) is 33.3 Å². The van der Waals surface area contributed by atoms with Gasteiger partial charge in [0.05, 0.1) is 18.9 Å². The van der Waals surface area contributed by atoms with Crippen molar-refractivity contribution in [2.24, 2.45) is 11.3 Å². The normalized spacial score (nSPS) is 18.7. The average Bonchev–Trinajstić information content (AvgIpc) is 3.88. The number of aromatic amines is 1. The number of benzene rings is 2. The van der Waals surface area contributed by atoms with Gasteiger partial charge in [-0.05, 0) is 90.3 Å². The zero-order chi connectivity index (χ0) is 43.6. The van der Waals surface area contributed by atoms with E-state index in [1.807, 2.05) is 38.2 Å². The molecule has 61 heavy (non-hydrogen) atoms. The number of aromatic nitrogens is 4. The van der Waals surface area contributed by atoms with Gasteiger partial charge in [0.1, 0.15) is 23.9 Å². The lowest BCUT2D eigenvalue weighted by Crippen LogP contribution is -2.62. The summed E-state index contributed by atoms with van der Waals surface area (Å²) in [4.78, 5) is 68.7. The monoisotopic (exact) mass is 832 g/mol. The van der Waals surface area contributed by atoms with E-state index < -0.39 is 47.2 Å². The van der Waals surface area contributed by atoms with E-state index in [1.165, 1.54) is 29.4 Å². The first-order valence-corrected chi connectivity index (χ1v) is 20.9. The molecule has 4 N–H and O–H groups in total. The molecule has 2 aromatic carbocycles. The second kappa shape index (κ2) is 17.9. The summed E-state index contributed by atoms with van der Waals surface area (Å²) in [6, 6.07) is 10.5. The van der Waals surface area contributed by atoms with Crippen LogP contribution in [-0.2, 0) is 49.9 Å². The van der Waals surface area contributed by atoms with Crippen molar-refractivity contribution in [3.05, 3.63) is 89.8 Å². The van der Waals surface area contributed by atoms with Gasteiger partial charge in [0.15, 0.2) is 5.82 Å². The van der Waals surface area contributed by atoms with Gasteiger partial charge >= 0.3 is 5.97 Å². The number of imidazole rings is 1. The number of ether oxygens (including phenoxy) is 2. The number of aryl methyl sites for hydroxylation is 1. The summed E-state index contributed by atoms with van der Waals surface area (Å²) in [5.41, 5.74) is 9.77. The quantitative estimate of drug-likeness (QED) is 0.140. The van der Waals surface area contributed by atoms with Crippen molar-refractivity contribution >= 4 is 34.6 Å². The number of pyridine rings is 1. The molecule has 0 aliphatic carbocycles. The van der Waals surface area contributed by atoms with Crippen LogP contribution in [0, 0.1) is 11.3 Å². The standard InChI is InChI=1S/C46H56N8O7/c1-8-53-38-12-11-29-22-33(38)34(40(53)35-24-47-14-13-30(35)25-60-7)23-46(4,5)26-61-45(59)36-10-9-17-54(51-36)43(57)37(20-28-18-31(29)21-32(55)19-28)50-42(56)39(27(2)3)52(6)44(58)41-48-15-16-49-41/h11-16,18-19,21-22,24,27,36-37,39,51,55H,8-10,17,20,23,25-26H2,1-7H3,(H,48,49)(H,50,56)/t36-,37-,39?/m0/s1. The molecular weight excluding hydrogens is 777 g/mol. The predicted octanol–water partition coefficient (Wildman–Crippen LogP) is 5.41. The molecule has 1 unspecified atom stereocenters. The first-order chi connectivity index (χ1) is 29.2. The van der Waals surface area contributed by atoms with E-state index in [4.69, 9.17) is 9.47 Å². The topological polar surface area (TPSA) is 184 Å². The minimum Gasteiger partial charge on any atom is -0.508 e. The minimum atomic E-state index is -1.15. The molecule has 1 fully saturated rings. The van der Waals surface area contributed by atoms with Crippen LogP contribution in [0.15, 0.2) is 67.3 Å². The molecule has 2 aliphatic heterocycles. The van der Waals surface area contributed by atoms with Gasteiger partial charge in [0.25, 0.3) is 11.8 Å². The number of likely N-dealkylation sites (N-methyl/N-ethyl adjacent to an activating group) is 1. The van der Waals surface area contributed by atoms with Crippen LogP contribution in [0.4, 0.5) is 0 Å². The maximum Gasteiger partial charge on any atom is 0.324 e. The first-order valence-electron chi connectivity index (χ1n) is 20.9. The second-order valence-electron chi connectivity index (χ2n) is 17.2. The molecule has 15 nitrogen and oxygen atoms in total. The van der Waals surface area contributed by atoms with Gasteiger partial charge < -0.3 is 34.3 Å². The lowest BCUT2D eigenvalue weighted by molar-refractivity contribution is -0.155. The number of amides is 3. The summed E-state index contributed by atoms with van der Waals surface area (Å²) in [5.74, 6) is -2.22. The molecule has 0 radical (unpaired) electrons. The van der Waals surface area contributed by atoms with Gasteiger partial charge in [-0.3, -0.25) is 29.2 Å².